The third kappa shape index (κ3) is 3.10. The Balaban J connectivity index is 2.18. The van der Waals surface area contributed by atoms with E-state index >= 15 is 0 Å². The van der Waals surface area contributed by atoms with Crippen molar-refractivity contribution in [3.63, 3.8) is 0 Å². The molecule has 2 rings (SSSR count). The second-order valence-electron chi connectivity index (χ2n) is 4.81. The Morgan fingerprint density at radius 1 is 1.42 bits per heavy atom. The first kappa shape index (κ1) is 13.5. The SMILES string of the molecule is CCCC1C(=O)NCC(=O)N1Cc1cccc(C)n1. The Hall–Kier alpha value is -1.91. The molecule has 1 aromatic rings. The van der Waals surface area contributed by atoms with Crippen molar-refractivity contribution in [1.82, 2.24) is 15.2 Å². The van der Waals surface area contributed by atoms with Gasteiger partial charge in [-0.3, -0.25) is 14.6 Å². The zero-order chi connectivity index (χ0) is 13.8. The lowest BCUT2D eigenvalue weighted by Crippen LogP contribution is -2.57. The van der Waals surface area contributed by atoms with Crippen LogP contribution in [0.3, 0.4) is 0 Å². The third-order valence-electron chi connectivity index (χ3n) is 3.25. The van der Waals surface area contributed by atoms with Gasteiger partial charge in [0.25, 0.3) is 0 Å². The Bertz CT molecular complexity index is 487. The highest BCUT2D eigenvalue weighted by molar-refractivity contribution is 5.94. The standard InChI is InChI=1S/C14H19N3O2/c1-3-5-12-14(19)15-8-13(18)17(12)9-11-7-4-6-10(2)16-11/h4,6-7,12H,3,5,8-9H2,1-2H3,(H,15,19). The number of piperazine rings is 1. The van der Waals surface area contributed by atoms with Crippen LogP contribution in [0.25, 0.3) is 0 Å². The van der Waals surface area contributed by atoms with E-state index in [4.69, 9.17) is 0 Å². The molecule has 1 aromatic heterocycles. The van der Waals surface area contributed by atoms with Crippen molar-refractivity contribution in [3.8, 4) is 0 Å². The van der Waals surface area contributed by atoms with Crippen LogP contribution in [0.15, 0.2) is 18.2 Å². The fraction of sp³-hybridized carbons (Fsp3) is 0.500. The summed E-state index contributed by atoms with van der Waals surface area (Å²) >= 11 is 0. The van der Waals surface area contributed by atoms with E-state index in [-0.39, 0.29) is 24.4 Å². The van der Waals surface area contributed by atoms with Crippen LogP contribution in [0.5, 0.6) is 0 Å². The van der Waals surface area contributed by atoms with E-state index in [1.807, 2.05) is 32.0 Å². The number of amides is 2. The second-order valence-corrected chi connectivity index (χ2v) is 4.81. The number of rotatable bonds is 4. The van der Waals surface area contributed by atoms with Crippen molar-refractivity contribution in [1.29, 1.82) is 0 Å². The van der Waals surface area contributed by atoms with Crippen LogP contribution in [-0.4, -0.2) is 34.3 Å². The fourth-order valence-electron chi connectivity index (χ4n) is 2.32. The van der Waals surface area contributed by atoms with Gasteiger partial charge in [-0.15, -0.1) is 0 Å². The molecule has 0 saturated carbocycles. The average Bonchev–Trinajstić information content (AvgIpc) is 2.38. The molecular weight excluding hydrogens is 242 g/mol. The van der Waals surface area contributed by atoms with Crippen LogP contribution >= 0.6 is 0 Å². The van der Waals surface area contributed by atoms with E-state index in [2.05, 4.69) is 10.3 Å². The van der Waals surface area contributed by atoms with Gasteiger partial charge in [0.2, 0.25) is 11.8 Å². The fourth-order valence-corrected chi connectivity index (χ4v) is 2.32. The molecule has 2 heterocycles. The number of carbonyl (C=O) groups excluding carboxylic acids is 2. The van der Waals surface area contributed by atoms with Gasteiger partial charge in [-0.1, -0.05) is 19.4 Å². The first-order chi connectivity index (χ1) is 9.11. The van der Waals surface area contributed by atoms with Crippen LogP contribution in [-0.2, 0) is 16.1 Å². The maximum atomic E-state index is 12.0. The number of nitrogens with one attached hydrogen (secondary N) is 1. The second kappa shape index (κ2) is 5.82. The highest BCUT2D eigenvalue weighted by atomic mass is 16.2. The van der Waals surface area contributed by atoms with E-state index < -0.39 is 0 Å². The Kier molecular flexibility index (Phi) is 4.14. The first-order valence-electron chi connectivity index (χ1n) is 6.61. The summed E-state index contributed by atoms with van der Waals surface area (Å²) in [7, 11) is 0. The molecule has 5 heteroatoms. The minimum atomic E-state index is -0.367. The van der Waals surface area contributed by atoms with Crippen LogP contribution in [0.4, 0.5) is 0 Å². The van der Waals surface area contributed by atoms with Gasteiger partial charge in [-0.2, -0.15) is 0 Å². The van der Waals surface area contributed by atoms with Gasteiger partial charge < -0.3 is 10.2 Å². The minimum absolute atomic E-state index is 0.0404. The summed E-state index contributed by atoms with van der Waals surface area (Å²) in [4.78, 5) is 29.9. The van der Waals surface area contributed by atoms with Crippen molar-refractivity contribution in [2.45, 2.75) is 39.3 Å². The van der Waals surface area contributed by atoms with Gasteiger partial charge in [0.1, 0.15) is 6.04 Å². The van der Waals surface area contributed by atoms with Crippen LogP contribution in [0.1, 0.15) is 31.2 Å². The zero-order valence-electron chi connectivity index (χ0n) is 11.3. The molecule has 0 aromatic carbocycles. The smallest absolute Gasteiger partial charge is 0.243 e. The Morgan fingerprint density at radius 3 is 2.89 bits per heavy atom. The monoisotopic (exact) mass is 261 g/mol. The highest BCUT2D eigenvalue weighted by Crippen LogP contribution is 2.15. The lowest BCUT2D eigenvalue weighted by molar-refractivity contribution is -0.146. The van der Waals surface area contributed by atoms with Crippen molar-refractivity contribution >= 4 is 11.8 Å². The molecule has 1 saturated heterocycles. The highest BCUT2D eigenvalue weighted by Gasteiger charge is 2.33. The van der Waals surface area contributed by atoms with Crippen molar-refractivity contribution in [3.05, 3.63) is 29.6 Å². The number of hydrogen-bond acceptors (Lipinski definition) is 3. The first-order valence-corrected chi connectivity index (χ1v) is 6.61. The number of carbonyl (C=O) groups is 2. The molecule has 19 heavy (non-hydrogen) atoms. The molecule has 2 amide bonds. The quantitative estimate of drug-likeness (QED) is 0.880. The van der Waals surface area contributed by atoms with Crippen molar-refractivity contribution in [2.24, 2.45) is 0 Å². The number of hydrogen-bond donors (Lipinski definition) is 1. The summed E-state index contributed by atoms with van der Waals surface area (Å²) < 4.78 is 0. The predicted octanol–water partition coefficient (Wildman–Crippen LogP) is 1.02. The molecular formula is C14H19N3O2. The molecule has 1 aliphatic rings. The summed E-state index contributed by atoms with van der Waals surface area (Å²) in [5.41, 5.74) is 1.74. The normalized spacial score (nSPS) is 19.5. The summed E-state index contributed by atoms with van der Waals surface area (Å²) in [6, 6.07) is 5.35. The molecule has 1 atom stereocenters. The molecule has 102 valence electrons. The summed E-state index contributed by atoms with van der Waals surface area (Å²) in [6.07, 6.45) is 1.55. The Labute approximate surface area is 113 Å². The van der Waals surface area contributed by atoms with Crippen molar-refractivity contribution in [2.75, 3.05) is 6.54 Å². The predicted molar refractivity (Wildman–Crippen MR) is 71.2 cm³/mol. The lowest BCUT2D eigenvalue weighted by Gasteiger charge is -2.34. The van der Waals surface area contributed by atoms with Gasteiger partial charge in [-0.25, -0.2) is 0 Å². The molecule has 1 fully saturated rings. The van der Waals surface area contributed by atoms with E-state index in [9.17, 15) is 9.59 Å². The van der Waals surface area contributed by atoms with Gasteiger partial charge in [0.05, 0.1) is 18.8 Å². The van der Waals surface area contributed by atoms with E-state index in [0.717, 1.165) is 17.8 Å². The van der Waals surface area contributed by atoms with Crippen LogP contribution in [0, 0.1) is 6.92 Å². The summed E-state index contributed by atoms with van der Waals surface area (Å²) in [5.74, 6) is -0.101. The van der Waals surface area contributed by atoms with E-state index in [0.29, 0.717) is 13.0 Å². The molecule has 1 N–H and O–H groups in total. The molecule has 0 spiro atoms. The molecule has 0 radical (unpaired) electrons. The maximum Gasteiger partial charge on any atom is 0.243 e. The largest absolute Gasteiger partial charge is 0.345 e. The van der Waals surface area contributed by atoms with E-state index in [1.54, 1.807) is 4.90 Å². The minimum Gasteiger partial charge on any atom is -0.345 e. The molecule has 1 aliphatic heterocycles. The number of pyridine rings is 1. The van der Waals surface area contributed by atoms with Crippen LogP contribution in [0.2, 0.25) is 0 Å². The third-order valence-corrected chi connectivity index (χ3v) is 3.25. The molecule has 1 unspecified atom stereocenters. The van der Waals surface area contributed by atoms with Crippen LogP contribution < -0.4 is 5.32 Å². The number of aromatic nitrogens is 1. The molecule has 0 aliphatic carbocycles. The van der Waals surface area contributed by atoms with E-state index in [1.165, 1.54) is 0 Å². The van der Waals surface area contributed by atoms with Gasteiger partial charge in [0, 0.05) is 5.69 Å². The van der Waals surface area contributed by atoms with Gasteiger partial charge in [0.15, 0.2) is 0 Å². The van der Waals surface area contributed by atoms with Gasteiger partial charge >= 0.3 is 0 Å². The Morgan fingerprint density at radius 2 is 2.21 bits per heavy atom. The number of aryl methyl sites for hydroxylation is 1. The van der Waals surface area contributed by atoms with Gasteiger partial charge in [-0.05, 0) is 25.5 Å². The van der Waals surface area contributed by atoms with Crippen molar-refractivity contribution < 1.29 is 9.59 Å². The average molecular weight is 261 g/mol. The molecule has 0 bridgehead atoms. The summed E-state index contributed by atoms with van der Waals surface area (Å²) in [6.45, 7) is 4.41. The maximum absolute atomic E-state index is 12.0. The lowest BCUT2D eigenvalue weighted by atomic mass is 10.1. The summed E-state index contributed by atoms with van der Waals surface area (Å²) in [5, 5.41) is 2.64. The number of nitrogens with zero attached hydrogens (tertiary/aromatic N) is 2. The molecule has 5 nitrogen and oxygen atoms in total. The topological polar surface area (TPSA) is 62.3 Å². The zero-order valence-corrected chi connectivity index (χ0v) is 11.3.